The Kier molecular flexibility index (Phi) is 4.79. The monoisotopic (exact) mass is 353 g/mol. The second-order valence-corrected chi connectivity index (χ2v) is 7.18. The molecule has 116 valence electrons. The standard InChI is InChI=1S/C12H13Cl2NO5S/c13-9-2-1-8(7-10(9)14)21(18,19)15-12(11(16)17)3-5-20-6-4-12/h1-2,7,15H,3-6H2,(H,16,17). The van der Waals surface area contributed by atoms with E-state index < -0.39 is 21.5 Å². The zero-order chi connectivity index (χ0) is 15.7. The Morgan fingerprint density at radius 2 is 1.86 bits per heavy atom. The number of carboxylic acid groups (broad SMARTS) is 1. The Labute approximate surface area is 132 Å². The molecule has 1 fully saturated rings. The number of sulfonamides is 1. The van der Waals surface area contributed by atoms with E-state index in [9.17, 15) is 18.3 Å². The van der Waals surface area contributed by atoms with Crippen molar-refractivity contribution < 1.29 is 23.1 Å². The molecule has 0 bridgehead atoms. The van der Waals surface area contributed by atoms with Crippen LogP contribution >= 0.6 is 23.2 Å². The van der Waals surface area contributed by atoms with Crippen LogP contribution in [0.3, 0.4) is 0 Å². The molecule has 1 aliphatic heterocycles. The summed E-state index contributed by atoms with van der Waals surface area (Å²) in [5.74, 6) is -1.23. The van der Waals surface area contributed by atoms with Gasteiger partial charge in [-0.1, -0.05) is 23.2 Å². The fourth-order valence-electron chi connectivity index (χ4n) is 2.04. The van der Waals surface area contributed by atoms with Gasteiger partial charge in [0.25, 0.3) is 0 Å². The van der Waals surface area contributed by atoms with E-state index in [1.807, 2.05) is 0 Å². The minimum Gasteiger partial charge on any atom is -0.480 e. The first kappa shape index (κ1) is 16.5. The first-order chi connectivity index (χ1) is 9.77. The Bertz CT molecular complexity index is 656. The van der Waals surface area contributed by atoms with E-state index in [1.165, 1.54) is 18.2 Å². The molecule has 0 radical (unpaired) electrons. The lowest BCUT2D eigenvalue weighted by molar-refractivity contribution is -0.147. The molecule has 21 heavy (non-hydrogen) atoms. The van der Waals surface area contributed by atoms with Crippen LogP contribution in [0.15, 0.2) is 23.1 Å². The molecule has 0 unspecified atom stereocenters. The van der Waals surface area contributed by atoms with Crippen LogP contribution in [0.4, 0.5) is 0 Å². The van der Waals surface area contributed by atoms with Gasteiger partial charge >= 0.3 is 5.97 Å². The molecule has 0 saturated carbocycles. The Morgan fingerprint density at radius 1 is 1.24 bits per heavy atom. The number of nitrogens with one attached hydrogen (secondary N) is 1. The Hall–Kier alpha value is -0.860. The van der Waals surface area contributed by atoms with Crippen LogP contribution in [0.2, 0.25) is 10.0 Å². The summed E-state index contributed by atoms with van der Waals surface area (Å²) >= 11 is 11.5. The smallest absolute Gasteiger partial charge is 0.325 e. The molecule has 0 aliphatic carbocycles. The van der Waals surface area contributed by atoms with E-state index in [0.717, 1.165) is 0 Å². The minimum absolute atomic E-state index is 0.0584. The molecular formula is C12H13Cl2NO5S. The summed E-state index contributed by atoms with van der Waals surface area (Å²) in [6.07, 6.45) is 0.117. The molecule has 1 aromatic rings. The molecule has 0 aromatic heterocycles. The number of carbonyl (C=O) groups is 1. The number of carboxylic acids is 1. The number of ether oxygens (including phenoxy) is 1. The first-order valence-electron chi connectivity index (χ1n) is 6.07. The van der Waals surface area contributed by atoms with E-state index in [0.29, 0.717) is 0 Å². The lowest BCUT2D eigenvalue weighted by Crippen LogP contribution is -2.57. The van der Waals surface area contributed by atoms with Gasteiger partial charge in [-0.15, -0.1) is 0 Å². The Balaban J connectivity index is 2.34. The summed E-state index contributed by atoms with van der Waals surface area (Å²) in [5, 5.41) is 9.66. The number of aliphatic carboxylic acids is 1. The van der Waals surface area contributed by atoms with E-state index >= 15 is 0 Å². The highest BCUT2D eigenvalue weighted by Crippen LogP contribution is 2.27. The van der Waals surface area contributed by atoms with Crippen LogP contribution in [0.1, 0.15) is 12.8 Å². The van der Waals surface area contributed by atoms with Crippen LogP contribution in [0.5, 0.6) is 0 Å². The number of halogens is 2. The summed E-state index contributed by atoms with van der Waals surface area (Å²) in [7, 11) is -4.03. The SMILES string of the molecule is O=C(O)C1(NS(=O)(=O)c2ccc(Cl)c(Cl)c2)CCOCC1. The average Bonchev–Trinajstić information content (AvgIpc) is 2.42. The van der Waals surface area contributed by atoms with Gasteiger partial charge in [0.1, 0.15) is 5.54 Å². The normalized spacial score (nSPS) is 18.4. The van der Waals surface area contributed by atoms with Crippen molar-refractivity contribution in [1.29, 1.82) is 0 Å². The lowest BCUT2D eigenvalue weighted by atomic mass is 9.92. The Morgan fingerprint density at radius 3 is 2.38 bits per heavy atom. The van der Waals surface area contributed by atoms with Gasteiger partial charge in [-0.2, -0.15) is 4.72 Å². The van der Waals surface area contributed by atoms with Gasteiger partial charge in [-0.05, 0) is 18.2 Å². The van der Waals surface area contributed by atoms with Crippen molar-refractivity contribution in [2.75, 3.05) is 13.2 Å². The van der Waals surface area contributed by atoms with Crippen LogP contribution in [-0.4, -0.2) is 38.2 Å². The van der Waals surface area contributed by atoms with Gasteiger partial charge in [-0.25, -0.2) is 8.42 Å². The molecule has 1 saturated heterocycles. The molecule has 0 spiro atoms. The van der Waals surface area contributed by atoms with Crippen molar-refractivity contribution in [2.45, 2.75) is 23.3 Å². The number of hydrogen-bond donors (Lipinski definition) is 2. The predicted molar refractivity (Wildman–Crippen MR) is 77.2 cm³/mol. The molecule has 1 heterocycles. The van der Waals surface area contributed by atoms with Crippen molar-refractivity contribution in [2.24, 2.45) is 0 Å². The van der Waals surface area contributed by atoms with Crippen molar-refractivity contribution in [3.8, 4) is 0 Å². The summed E-state index contributed by atoms with van der Waals surface area (Å²) in [4.78, 5) is 11.3. The van der Waals surface area contributed by atoms with Crippen molar-refractivity contribution >= 4 is 39.2 Å². The maximum absolute atomic E-state index is 12.4. The number of rotatable bonds is 4. The fourth-order valence-corrected chi connectivity index (χ4v) is 3.85. The van der Waals surface area contributed by atoms with Crippen LogP contribution in [-0.2, 0) is 19.6 Å². The highest BCUT2D eigenvalue weighted by atomic mass is 35.5. The third-order valence-corrected chi connectivity index (χ3v) is 5.56. The van der Waals surface area contributed by atoms with Crippen LogP contribution in [0.25, 0.3) is 0 Å². The number of hydrogen-bond acceptors (Lipinski definition) is 4. The van der Waals surface area contributed by atoms with E-state index in [-0.39, 0.29) is 41.0 Å². The molecule has 1 aliphatic rings. The number of benzene rings is 1. The second kappa shape index (κ2) is 6.10. The molecule has 0 atom stereocenters. The summed E-state index contributed by atoms with van der Waals surface area (Å²) in [6.45, 7) is 0.354. The summed E-state index contributed by atoms with van der Waals surface area (Å²) in [5.41, 5.74) is -1.57. The van der Waals surface area contributed by atoms with Crippen molar-refractivity contribution in [3.05, 3.63) is 28.2 Å². The van der Waals surface area contributed by atoms with Gasteiger partial charge in [0, 0.05) is 26.1 Å². The molecule has 6 nitrogen and oxygen atoms in total. The maximum Gasteiger partial charge on any atom is 0.325 e. The molecular weight excluding hydrogens is 341 g/mol. The summed E-state index contributed by atoms with van der Waals surface area (Å²) < 4.78 is 32.1. The van der Waals surface area contributed by atoms with Gasteiger partial charge in [0.15, 0.2) is 0 Å². The molecule has 2 N–H and O–H groups in total. The van der Waals surface area contributed by atoms with Crippen molar-refractivity contribution in [3.63, 3.8) is 0 Å². The van der Waals surface area contributed by atoms with Crippen LogP contribution < -0.4 is 4.72 Å². The largest absolute Gasteiger partial charge is 0.480 e. The lowest BCUT2D eigenvalue weighted by Gasteiger charge is -2.33. The van der Waals surface area contributed by atoms with E-state index in [4.69, 9.17) is 27.9 Å². The predicted octanol–water partition coefficient (Wildman–Crippen LogP) is 1.91. The van der Waals surface area contributed by atoms with Crippen LogP contribution in [0, 0.1) is 0 Å². The maximum atomic E-state index is 12.4. The third kappa shape index (κ3) is 3.49. The van der Waals surface area contributed by atoms with E-state index in [2.05, 4.69) is 4.72 Å². The van der Waals surface area contributed by atoms with Gasteiger partial charge < -0.3 is 9.84 Å². The van der Waals surface area contributed by atoms with Gasteiger partial charge in [0.2, 0.25) is 10.0 Å². The first-order valence-corrected chi connectivity index (χ1v) is 8.31. The molecule has 2 rings (SSSR count). The second-order valence-electron chi connectivity index (χ2n) is 4.68. The van der Waals surface area contributed by atoms with Crippen molar-refractivity contribution in [1.82, 2.24) is 4.72 Å². The van der Waals surface area contributed by atoms with E-state index in [1.54, 1.807) is 0 Å². The zero-order valence-electron chi connectivity index (χ0n) is 10.8. The summed E-state index contributed by atoms with van der Waals surface area (Å²) in [6, 6.07) is 3.79. The quantitative estimate of drug-likeness (QED) is 0.862. The fraction of sp³-hybridized carbons (Fsp3) is 0.417. The highest BCUT2D eigenvalue weighted by Gasteiger charge is 2.43. The van der Waals surface area contributed by atoms with Gasteiger partial charge in [-0.3, -0.25) is 4.79 Å². The highest BCUT2D eigenvalue weighted by molar-refractivity contribution is 7.89. The average molecular weight is 354 g/mol. The minimum atomic E-state index is -4.03. The third-order valence-electron chi connectivity index (χ3n) is 3.29. The zero-order valence-corrected chi connectivity index (χ0v) is 13.1. The topological polar surface area (TPSA) is 92.7 Å². The molecule has 1 aromatic carbocycles. The molecule has 0 amide bonds. The molecule has 9 heteroatoms. The van der Waals surface area contributed by atoms with Gasteiger partial charge in [0.05, 0.1) is 14.9 Å².